The summed E-state index contributed by atoms with van der Waals surface area (Å²) in [6, 6.07) is 8.24. The minimum Gasteiger partial charge on any atom is -0.376 e. The fourth-order valence-corrected chi connectivity index (χ4v) is 2.56. The molecule has 0 amide bonds. The summed E-state index contributed by atoms with van der Waals surface area (Å²) in [6.45, 7) is 6.95. The van der Waals surface area contributed by atoms with E-state index in [0.717, 1.165) is 17.5 Å². The number of hydrogen-bond donors (Lipinski definition) is 0. The second-order valence-electron chi connectivity index (χ2n) is 5.12. The maximum absolute atomic E-state index is 6.05. The molecule has 0 N–H and O–H groups in total. The van der Waals surface area contributed by atoms with E-state index in [2.05, 4.69) is 48.8 Å². The van der Waals surface area contributed by atoms with Crippen molar-refractivity contribution in [1.29, 1.82) is 0 Å². The number of benzene rings is 1. The van der Waals surface area contributed by atoms with Crippen LogP contribution in [-0.2, 0) is 4.74 Å². The van der Waals surface area contributed by atoms with Gasteiger partial charge < -0.3 is 4.74 Å². The Kier molecular flexibility index (Phi) is 5.98. The second-order valence-corrected chi connectivity index (χ2v) is 6.29. The Balaban J connectivity index is 2.58. The van der Waals surface area contributed by atoms with Crippen molar-refractivity contribution in [1.82, 2.24) is 0 Å². The van der Waals surface area contributed by atoms with Crippen LogP contribution in [0.5, 0.6) is 0 Å². The van der Waals surface area contributed by atoms with Crippen LogP contribution in [0.4, 0.5) is 0 Å². The summed E-state index contributed by atoms with van der Waals surface area (Å²) >= 11 is 9.62. The van der Waals surface area contributed by atoms with Crippen molar-refractivity contribution >= 4 is 27.5 Å². The molecule has 0 bridgehead atoms. The molecule has 17 heavy (non-hydrogen) atoms. The number of rotatable bonds is 5. The first-order valence-electron chi connectivity index (χ1n) is 5.88. The van der Waals surface area contributed by atoms with Crippen LogP contribution in [0, 0.1) is 0 Å². The lowest BCUT2D eigenvalue weighted by Crippen LogP contribution is -2.21. The summed E-state index contributed by atoms with van der Waals surface area (Å²) < 4.78 is 6.88. The first kappa shape index (κ1) is 15.0. The van der Waals surface area contributed by atoms with Crippen LogP contribution >= 0.6 is 27.5 Å². The number of ether oxygens (including phenoxy) is 1. The molecule has 0 aromatic heterocycles. The SMILES string of the molecule is CC(C)(C)OCCC(CCl)c1ccccc1Br. The van der Waals surface area contributed by atoms with Crippen LogP contribution in [0.25, 0.3) is 0 Å². The highest BCUT2D eigenvalue weighted by Crippen LogP contribution is 2.28. The normalized spacial score (nSPS) is 13.7. The predicted molar refractivity (Wildman–Crippen MR) is 77.9 cm³/mol. The molecular formula is C14H20BrClO. The van der Waals surface area contributed by atoms with Gasteiger partial charge in [0.2, 0.25) is 0 Å². The van der Waals surface area contributed by atoms with Gasteiger partial charge in [-0.3, -0.25) is 0 Å². The van der Waals surface area contributed by atoms with Gasteiger partial charge in [-0.15, -0.1) is 11.6 Å². The molecule has 0 spiro atoms. The highest BCUT2D eigenvalue weighted by Gasteiger charge is 2.15. The zero-order valence-corrected chi connectivity index (χ0v) is 13.0. The number of alkyl halides is 1. The van der Waals surface area contributed by atoms with E-state index in [-0.39, 0.29) is 5.60 Å². The van der Waals surface area contributed by atoms with Gasteiger partial charge >= 0.3 is 0 Å². The maximum Gasteiger partial charge on any atom is 0.0598 e. The topological polar surface area (TPSA) is 9.23 Å². The molecule has 1 aromatic rings. The second kappa shape index (κ2) is 6.77. The third-order valence-electron chi connectivity index (χ3n) is 2.53. The monoisotopic (exact) mass is 318 g/mol. The van der Waals surface area contributed by atoms with Crippen LogP contribution in [0.3, 0.4) is 0 Å². The minimum atomic E-state index is -0.0786. The molecule has 0 fully saturated rings. The van der Waals surface area contributed by atoms with Gasteiger partial charge in [0.15, 0.2) is 0 Å². The molecule has 1 unspecified atom stereocenters. The highest BCUT2D eigenvalue weighted by atomic mass is 79.9. The van der Waals surface area contributed by atoms with Crippen molar-refractivity contribution in [3.63, 3.8) is 0 Å². The molecule has 0 saturated heterocycles. The smallest absolute Gasteiger partial charge is 0.0598 e. The molecule has 0 heterocycles. The van der Waals surface area contributed by atoms with Crippen molar-refractivity contribution in [3.05, 3.63) is 34.3 Å². The standard InChI is InChI=1S/C14H20BrClO/c1-14(2,3)17-9-8-11(10-16)12-6-4-5-7-13(12)15/h4-7,11H,8-10H2,1-3H3. The highest BCUT2D eigenvalue weighted by molar-refractivity contribution is 9.10. The average Bonchev–Trinajstić information content (AvgIpc) is 2.24. The molecule has 1 rings (SSSR count). The third-order valence-corrected chi connectivity index (χ3v) is 3.63. The lowest BCUT2D eigenvalue weighted by Gasteiger charge is -2.22. The van der Waals surface area contributed by atoms with Crippen LogP contribution in [0.15, 0.2) is 28.7 Å². The van der Waals surface area contributed by atoms with Gasteiger partial charge in [0.1, 0.15) is 0 Å². The van der Waals surface area contributed by atoms with E-state index >= 15 is 0 Å². The summed E-state index contributed by atoms with van der Waals surface area (Å²) in [5, 5.41) is 0. The average molecular weight is 320 g/mol. The largest absolute Gasteiger partial charge is 0.376 e. The Morgan fingerprint density at radius 2 is 1.94 bits per heavy atom. The van der Waals surface area contributed by atoms with Gasteiger partial charge in [-0.05, 0) is 38.8 Å². The fraction of sp³-hybridized carbons (Fsp3) is 0.571. The van der Waals surface area contributed by atoms with Crippen molar-refractivity contribution < 1.29 is 4.74 Å². The minimum absolute atomic E-state index is 0.0786. The Labute approximate surface area is 118 Å². The lowest BCUT2D eigenvalue weighted by atomic mass is 9.98. The molecule has 96 valence electrons. The lowest BCUT2D eigenvalue weighted by molar-refractivity contribution is -0.00567. The quantitative estimate of drug-likeness (QED) is 0.696. The van der Waals surface area contributed by atoms with E-state index in [0.29, 0.717) is 11.8 Å². The molecule has 3 heteroatoms. The van der Waals surface area contributed by atoms with Crippen molar-refractivity contribution in [2.75, 3.05) is 12.5 Å². The number of halogens is 2. The molecule has 0 saturated carbocycles. The Morgan fingerprint density at radius 3 is 2.47 bits per heavy atom. The van der Waals surface area contributed by atoms with E-state index < -0.39 is 0 Å². The first-order valence-corrected chi connectivity index (χ1v) is 7.21. The molecule has 1 atom stereocenters. The van der Waals surface area contributed by atoms with Gasteiger partial charge in [-0.2, -0.15) is 0 Å². The van der Waals surface area contributed by atoms with Crippen molar-refractivity contribution in [2.24, 2.45) is 0 Å². The Morgan fingerprint density at radius 1 is 1.29 bits per heavy atom. The molecule has 0 aliphatic carbocycles. The van der Waals surface area contributed by atoms with Gasteiger partial charge in [0, 0.05) is 22.9 Å². The Hall–Kier alpha value is -0.0500. The Bertz CT molecular complexity index is 346. The van der Waals surface area contributed by atoms with Gasteiger partial charge in [0.25, 0.3) is 0 Å². The summed E-state index contributed by atoms with van der Waals surface area (Å²) in [5.74, 6) is 0.963. The van der Waals surface area contributed by atoms with Gasteiger partial charge in [-0.25, -0.2) is 0 Å². The van der Waals surface area contributed by atoms with Crippen LogP contribution in [0.2, 0.25) is 0 Å². The van der Waals surface area contributed by atoms with Gasteiger partial charge in [0.05, 0.1) is 5.60 Å². The first-order chi connectivity index (χ1) is 7.94. The van der Waals surface area contributed by atoms with Gasteiger partial charge in [-0.1, -0.05) is 34.1 Å². The molecule has 0 aliphatic rings. The van der Waals surface area contributed by atoms with E-state index in [1.54, 1.807) is 0 Å². The predicted octanol–water partition coefficient (Wildman–Crippen LogP) is 4.98. The van der Waals surface area contributed by atoms with E-state index in [1.807, 2.05) is 12.1 Å². The van der Waals surface area contributed by atoms with Crippen LogP contribution < -0.4 is 0 Å². The summed E-state index contributed by atoms with van der Waals surface area (Å²) in [6.07, 6.45) is 0.948. The van der Waals surface area contributed by atoms with E-state index in [9.17, 15) is 0 Å². The molecular weight excluding hydrogens is 300 g/mol. The summed E-state index contributed by atoms with van der Waals surface area (Å²) in [4.78, 5) is 0. The third kappa shape index (κ3) is 5.41. The van der Waals surface area contributed by atoms with E-state index in [1.165, 1.54) is 5.56 Å². The van der Waals surface area contributed by atoms with Crippen molar-refractivity contribution in [2.45, 2.75) is 38.7 Å². The maximum atomic E-state index is 6.05. The fourth-order valence-electron chi connectivity index (χ4n) is 1.63. The van der Waals surface area contributed by atoms with Crippen LogP contribution in [0.1, 0.15) is 38.7 Å². The number of hydrogen-bond acceptors (Lipinski definition) is 1. The van der Waals surface area contributed by atoms with E-state index in [4.69, 9.17) is 16.3 Å². The molecule has 0 radical (unpaired) electrons. The molecule has 1 aromatic carbocycles. The molecule has 0 aliphatic heterocycles. The zero-order valence-electron chi connectivity index (χ0n) is 10.7. The zero-order chi connectivity index (χ0) is 12.9. The van der Waals surface area contributed by atoms with Crippen molar-refractivity contribution in [3.8, 4) is 0 Å². The van der Waals surface area contributed by atoms with Crippen LogP contribution in [-0.4, -0.2) is 18.1 Å². The molecule has 1 nitrogen and oxygen atoms in total. The summed E-state index contributed by atoms with van der Waals surface area (Å²) in [5.41, 5.74) is 1.19. The summed E-state index contributed by atoms with van der Waals surface area (Å²) in [7, 11) is 0.